The quantitative estimate of drug-likeness (QED) is 0.151. The summed E-state index contributed by atoms with van der Waals surface area (Å²) in [7, 11) is 0. The van der Waals surface area contributed by atoms with Crippen LogP contribution in [0.2, 0.25) is 0 Å². The maximum absolute atomic E-state index is 12.9. The zero-order valence-electron chi connectivity index (χ0n) is 19.9. The van der Waals surface area contributed by atoms with Crippen LogP contribution < -0.4 is 14.8 Å². The number of nitro benzene ring substituents is 1. The molecule has 0 N–H and O–H groups in total. The number of aromatic nitrogens is 3. The van der Waals surface area contributed by atoms with Gasteiger partial charge in [0.2, 0.25) is 4.96 Å². The molecule has 0 saturated heterocycles. The first-order valence-corrected chi connectivity index (χ1v) is 12.5. The van der Waals surface area contributed by atoms with Crippen LogP contribution in [0.5, 0.6) is 5.75 Å². The number of para-hydroxylation sites is 1. The van der Waals surface area contributed by atoms with Crippen LogP contribution in [-0.4, -0.2) is 26.1 Å². The van der Waals surface area contributed by atoms with Crippen molar-refractivity contribution in [1.29, 1.82) is 0 Å². The van der Waals surface area contributed by atoms with E-state index < -0.39 is 4.92 Å². The summed E-state index contributed by atoms with van der Waals surface area (Å²) in [5, 5.41) is 15.6. The third kappa shape index (κ3) is 5.34. The van der Waals surface area contributed by atoms with Crippen molar-refractivity contribution in [2.75, 3.05) is 6.61 Å². The van der Waals surface area contributed by atoms with E-state index in [1.807, 2.05) is 30.3 Å². The molecule has 186 valence electrons. The van der Waals surface area contributed by atoms with Crippen LogP contribution in [-0.2, 0) is 0 Å². The first-order valence-electron chi connectivity index (χ1n) is 11.7. The van der Waals surface area contributed by atoms with E-state index in [1.165, 1.54) is 21.9 Å². The molecule has 37 heavy (non-hydrogen) atoms. The monoisotopic (exact) mass is 514 g/mol. The first kappa shape index (κ1) is 24.1. The molecule has 3 aromatic heterocycles. The summed E-state index contributed by atoms with van der Waals surface area (Å²) >= 11 is 1.19. The molecule has 0 saturated carbocycles. The maximum atomic E-state index is 12.9. The first-order chi connectivity index (χ1) is 18.0. The summed E-state index contributed by atoms with van der Waals surface area (Å²) in [5.41, 5.74) is 0.963. The fourth-order valence-corrected chi connectivity index (χ4v) is 4.54. The third-order valence-electron chi connectivity index (χ3n) is 5.54. The molecule has 2 aromatic carbocycles. The summed E-state index contributed by atoms with van der Waals surface area (Å²) in [6, 6.07) is 17.4. The molecule has 0 bridgehead atoms. The number of nitro groups is 1. The highest BCUT2D eigenvalue weighted by Gasteiger charge is 2.17. The lowest BCUT2D eigenvalue weighted by Gasteiger charge is -2.04. The van der Waals surface area contributed by atoms with Gasteiger partial charge in [0.15, 0.2) is 5.82 Å². The molecule has 9 nitrogen and oxygen atoms in total. The lowest BCUT2D eigenvalue weighted by atomic mass is 10.1. The molecule has 0 aliphatic heterocycles. The standard InChI is InChI=1S/C27H22N4O5S/c1-2-3-16-35-19-11-8-18(9-12-19)10-15-25-28-27-30(29-25)26(32)24(37-27)17-20-13-14-23(36-20)21-6-4-5-7-22(21)31(33)34/h4-15,17H,2-3,16H2,1H3/b15-10+,24-17-. The molecule has 0 amide bonds. The number of fused-ring (bicyclic) bond motifs is 1. The van der Waals surface area contributed by atoms with E-state index in [0.29, 0.717) is 39.0 Å². The molecular formula is C27H22N4O5S. The van der Waals surface area contributed by atoms with Gasteiger partial charge in [-0.1, -0.05) is 55.0 Å². The van der Waals surface area contributed by atoms with E-state index in [4.69, 9.17) is 9.15 Å². The number of rotatable bonds is 9. The normalized spacial score (nSPS) is 12.1. The minimum atomic E-state index is -0.457. The van der Waals surface area contributed by atoms with Crippen molar-refractivity contribution in [2.24, 2.45) is 0 Å². The van der Waals surface area contributed by atoms with E-state index in [9.17, 15) is 14.9 Å². The second-order valence-electron chi connectivity index (χ2n) is 8.16. The van der Waals surface area contributed by atoms with Crippen molar-refractivity contribution in [3.05, 3.63) is 103 Å². The lowest BCUT2D eigenvalue weighted by Crippen LogP contribution is -2.23. The van der Waals surface area contributed by atoms with Gasteiger partial charge < -0.3 is 9.15 Å². The minimum absolute atomic E-state index is 0.0523. The fourth-order valence-electron chi connectivity index (χ4n) is 3.65. The van der Waals surface area contributed by atoms with Crippen molar-refractivity contribution in [3.8, 4) is 17.1 Å². The number of thiazole rings is 1. The molecule has 0 radical (unpaired) electrons. The predicted molar refractivity (Wildman–Crippen MR) is 142 cm³/mol. The Morgan fingerprint density at radius 3 is 2.68 bits per heavy atom. The van der Waals surface area contributed by atoms with Gasteiger partial charge in [0, 0.05) is 12.1 Å². The highest BCUT2D eigenvalue weighted by Crippen LogP contribution is 2.31. The second-order valence-corrected chi connectivity index (χ2v) is 9.17. The van der Waals surface area contributed by atoms with Gasteiger partial charge in [0.1, 0.15) is 21.8 Å². The number of unbranched alkanes of at least 4 members (excludes halogenated alkanes) is 1. The molecule has 0 aliphatic rings. The zero-order chi connectivity index (χ0) is 25.8. The summed E-state index contributed by atoms with van der Waals surface area (Å²) in [6.45, 7) is 2.83. The highest BCUT2D eigenvalue weighted by atomic mass is 32.1. The van der Waals surface area contributed by atoms with E-state index >= 15 is 0 Å². The molecule has 0 fully saturated rings. The zero-order valence-corrected chi connectivity index (χ0v) is 20.7. The Morgan fingerprint density at radius 2 is 1.92 bits per heavy atom. The van der Waals surface area contributed by atoms with Crippen LogP contribution in [0.4, 0.5) is 5.69 Å². The van der Waals surface area contributed by atoms with Gasteiger partial charge in [-0.2, -0.15) is 9.50 Å². The average molecular weight is 515 g/mol. The SMILES string of the molecule is CCCCOc1ccc(/C=C/c2nc3s/c(=C\c4ccc(-c5ccccc5[N+](=O)[O-])o4)c(=O)n3n2)cc1. The van der Waals surface area contributed by atoms with Crippen LogP contribution in [0.25, 0.3) is 34.5 Å². The largest absolute Gasteiger partial charge is 0.494 e. The van der Waals surface area contributed by atoms with Crippen LogP contribution >= 0.6 is 11.3 Å². The fraction of sp³-hybridized carbons (Fsp3) is 0.148. The Hall–Kier alpha value is -4.57. The Labute approximate surface area is 215 Å². The summed E-state index contributed by atoms with van der Waals surface area (Å²) in [6.07, 6.45) is 7.32. The molecule has 0 atom stereocenters. The van der Waals surface area contributed by atoms with E-state index in [-0.39, 0.29) is 11.2 Å². The Bertz CT molecular complexity index is 1700. The van der Waals surface area contributed by atoms with Crippen LogP contribution in [0.3, 0.4) is 0 Å². The molecule has 0 aliphatic carbocycles. The smallest absolute Gasteiger partial charge is 0.291 e. The maximum Gasteiger partial charge on any atom is 0.291 e. The topological polar surface area (TPSA) is 113 Å². The molecule has 5 aromatic rings. The van der Waals surface area contributed by atoms with Gasteiger partial charge in [-0.3, -0.25) is 14.9 Å². The number of hydrogen-bond acceptors (Lipinski definition) is 8. The van der Waals surface area contributed by atoms with E-state index in [1.54, 1.807) is 42.5 Å². The molecular weight excluding hydrogens is 492 g/mol. The summed E-state index contributed by atoms with van der Waals surface area (Å²) in [5.74, 6) is 2.00. The molecule has 5 rings (SSSR count). The number of benzene rings is 2. The number of ether oxygens (including phenoxy) is 1. The molecule has 3 heterocycles. The molecule has 0 unspecified atom stereocenters. The Balaban J connectivity index is 1.34. The second kappa shape index (κ2) is 10.6. The van der Waals surface area contributed by atoms with Crippen LogP contribution in [0.15, 0.2) is 69.9 Å². The van der Waals surface area contributed by atoms with Gasteiger partial charge in [0.05, 0.1) is 17.1 Å². The summed E-state index contributed by atoms with van der Waals surface area (Å²) in [4.78, 5) is 28.6. The number of hydrogen-bond donors (Lipinski definition) is 0. The van der Waals surface area contributed by atoms with Gasteiger partial charge in [0.25, 0.3) is 11.2 Å². The number of furan rings is 1. The lowest BCUT2D eigenvalue weighted by molar-refractivity contribution is -0.384. The Morgan fingerprint density at radius 1 is 1.11 bits per heavy atom. The van der Waals surface area contributed by atoms with Crippen LogP contribution in [0, 0.1) is 10.1 Å². The van der Waals surface area contributed by atoms with Crippen LogP contribution in [0.1, 0.15) is 36.9 Å². The number of nitrogens with zero attached hydrogens (tertiary/aromatic N) is 4. The molecule has 10 heteroatoms. The van der Waals surface area contributed by atoms with Gasteiger partial charge >= 0.3 is 0 Å². The van der Waals surface area contributed by atoms with Crippen molar-refractivity contribution >= 4 is 40.2 Å². The van der Waals surface area contributed by atoms with Gasteiger partial charge in [-0.15, -0.1) is 5.10 Å². The van der Waals surface area contributed by atoms with Crippen molar-refractivity contribution < 1.29 is 14.1 Å². The Kier molecular flexibility index (Phi) is 6.91. The van der Waals surface area contributed by atoms with E-state index in [0.717, 1.165) is 24.2 Å². The van der Waals surface area contributed by atoms with Gasteiger partial charge in [-0.05, 0) is 48.4 Å². The van der Waals surface area contributed by atoms with Crippen molar-refractivity contribution in [3.63, 3.8) is 0 Å². The third-order valence-corrected chi connectivity index (χ3v) is 6.50. The average Bonchev–Trinajstić information content (AvgIpc) is 3.61. The van der Waals surface area contributed by atoms with Crippen molar-refractivity contribution in [2.45, 2.75) is 19.8 Å². The summed E-state index contributed by atoms with van der Waals surface area (Å²) < 4.78 is 13.1. The van der Waals surface area contributed by atoms with Gasteiger partial charge in [-0.25, -0.2) is 0 Å². The highest BCUT2D eigenvalue weighted by molar-refractivity contribution is 7.15. The predicted octanol–water partition coefficient (Wildman–Crippen LogP) is 5.22. The van der Waals surface area contributed by atoms with E-state index in [2.05, 4.69) is 17.0 Å². The minimum Gasteiger partial charge on any atom is -0.494 e. The molecule has 0 spiro atoms. The van der Waals surface area contributed by atoms with Crippen molar-refractivity contribution in [1.82, 2.24) is 14.6 Å².